The van der Waals surface area contributed by atoms with E-state index in [-0.39, 0.29) is 6.04 Å². The van der Waals surface area contributed by atoms with Gasteiger partial charge in [-0.3, -0.25) is 4.98 Å². The number of aryl methyl sites for hydroxylation is 1. The van der Waals surface area contributed by atoms with Crippen LogP contribution in [-0.2, 0) is 0 Å². The first-order valence-electron chi connectivity index (χ1n) is 6.22. The van der Waals surface area contributed by atoms with Crippen LogP contribution in [0, 0.1) is 6.92 Å². The van der Waals surface area contributed by atoms with Gasteiger partial charge in [0.2, 0.25) is 0 Å². The normalized spacial score (nSPS) is 12.4. The number of hydrogen-bond acceptors (Lipinski definition) is 2. The van der Waals surface area contributed by atoms with E-state index in [1.54, 1.807) is 12.4 Å². The molecule has 1 N–H and O–H groups in total. The lowest BCUT2D eigenvalue weighted by Crippen LogP contribution is -2.22. The molecule has 2 nitrogen and oxygen atoms in total. The Kier molecular flexibility index (Phi) is 4.81. The molecule has 2 aromatic rings. The SMILES string of the molecule is CCNC(c1ccc(C)c(Cl)c1)c1ccncc1Cl. The average Bonchev–Trinajstić information content (AvgIpc) is 2.40. The molecule has 0 aliphatic carbocycles. The number of rotatable bonds is 4. The van der Waals surface area contributed by atoms with Crippen LogP contribution in [-0.4, -0.2) is 11.5 Å². The van der Waals surface area contributed by atoms with Crippen LogP contribution in [0.1, 0.15) is 29.7 Å². The summed E-state index contributed by atoms with van der Waals surface area (Å²) >= 11 is 12.5. The lowest BCUT2D eigenvalue weighted by Gasteiger charge is -2.20. The van der Waals surface area contributed by atoms with Crippen LogP contribution in [0.4, 0.5) is 0 Å². The van der Waals surface area contributed by atoms with Crippen molar-refractivity contribution in [2.75, 3.05) is 6.54 Å². The molecule has 1 aromatic heterocycles. The predicted octanol–water partition coefficient (Wildman–Crippen LogP) is 4.40. The van der Waals surface area contributed by atoms with Gasteiger partial charge in [-0.2, -0.15) is 0 Å². The van der Waals surface area contributed by atoms with Gasteiger partial charge in [0.1, 0.15) is 0 Å². The molecule has 0 bridgehead atoms. The Morgan fingerprint density at radius 2 is 2.00 bits per heavy atom. The van der Waals surface area contributed by atoms with Crippen molar-refractivity contribution in [3.8, 4) is 0 Å². The molecular formula is C15H16Cl2N2. The number of halogens is 2. The fourth-order valence-corrected chi connectivity index (χ4v) is 2.44. The monoisotopic (exact) mass is 294 g/mol. The second-order valence-electron chi connectivity index (χ2n) is 4.40. The Labute approximate surface area is 123 Å². The summed E-state index contributed by atoms with van der Waals surface area (Å²) in [7, 11) is 0. The van der Waals surface area contributed by atoms with E-state index in [0.717, 1.165) is 28.3 Å². The highest BCUT2D eigenvalue weighted by Gasteiger charge is 2.16. The molecule has 2 rings (SSSR count). The van der Waals surface area contributed by atoms with Crippen molar-refractivity contribution in [2.24, 2.45) is 0 Å². The summed E-state index contributed by atoms with van der Waals surface area (Å²) < 4.78 is 0. The summed E-state index contributed by atoms with van der Waals surface area (Å²) in [5.41, 5.74) is 3.19. The molecule has 0 spiro atoms. The van der Waals surface area contributed by atoms with Gasteiger partial charge in [0.15, 0.2) is 0 Å². The van der Waals surface area contributed by atoms with Crippen molar-refractivity contribution in [1.82, 2.24) is 10.3 Å². The third-order valence-electron chi connectivity index (χ3n) is 3.05. The van der Waals surface area contributed by atoms with Crippen molar-refractivity contribution in [3.05, 3.63) is 63.4 Å². The predicted molar refractivity (Wildman–Crippen MR) is 81.0 cm³/mol. The lowest BCUT2D eigenvalue weighted by molar-refractivity contribution is 0.630. The molecule has 4 heteroatoms. The summed E-state index contributed by atoms with van der Waals surface area (Å²) in [6.45, 7) is 4.90. The first kappa shape index (κ1) is 14.3. The standard InChI is InChI=1S/C15H16Cl2N2/c1-3-19-15(12-6-7-18-9-14(12)17)11-5-4-10(2)13(16)8-11/h4-9,15,19H,3H2,1-2H3. The zero-order valence-corrected chi connectivity index (χ0v) is 12.5. The molecule has 0 fully saturated rings. The highest BCUT2D eigenvalue weighted by Crippen LogP contribution is 2.29. The number of nitrogens with zero attached hydrogens (tertiary/aromatic N) is 1. The van der Waals surface area contributed by atoms with Crippen LogP contribution < -0.4 is 5.32 Å². The zero-order chi connectivity index (χ0) is 13.8. The number of hydrogen-bond donors (Lipinski definition) is 1. The molecule has 0 saturated heterocycles. The summed E-state index contributed by atoms with van der Waals surface area (Å²) in [6, 6.07) is 8.05. The van der Waals surface area contributed by atoms with Crippen molar-refractivity contribution in [1.29, 1.82) is 0 Å². The highest BCUT2D eigenvalue weighted by molar-refractivity contribution is 6.31. The third-order valence-corrected chi connectivity index (χ3v) is 3.78. The maximum absolute atomic E-state index is 6.24. The fourth-order valence-electron chi connectivity index (χ4n) is 2.02. The van der Waals surface area contributed by atoms with Crippen LogP contribution in [0.3, 0.4) is 0 Å². The Morgan fingerprint density at radius 1 is 1.21 bits per heavy atom. The minimum absolute atomic E-state index is 0.0265. The van der Waals surface area contributed by atoms with E-state index in [4.69, 9.17) is 23.2 Å². The van der Waals surface area contributed by atoms with E-state index in [1.165, 1.54) is 0 Å². The van der Waals surface area contributed by atoms with Crippen LogP contribution in [0.5, 0.6) is 0 Å². The molecule has 1 unspecified atom stereocenters. The Balaban J connectivity index is 2.45. The molecule has 0 aliphatic rings. The molecule has 1 heterocycles. The number of nitrogens with one attached hydrogen (secondary N) is 1. The van der Waals surface area contributed by atoms with Gasteiger partial charge in [-0.05, 0) is 42.3 Å². The van der Waals surface area contributed by atoms with Gasteiger partial charge in [-0.25, -0.2) is 0 Å². The summed E-state index contributed by atoms with van der Waals surface area (Å²) in [5, 5.41) is 4.86. The van der Waals surface area contributed by atoms with Gasteiger partial charge < -0.3 is 5.32 Å². The first-order valence-corrected chi connectivity index (χ1v) is 6.98. The molecule has 19 heavy (non-hydrogen) atoms. The van der Waals surface area contributed by atoms with Crippen LogP contribution in [0.15, 0.2) is 36.7 Å². The largest absolute Gasteiger partial charge is 0.306 e. The maximum atomic E-state index is 6.24. The van der Waals surface area contributed by atoms with Crippen LogP contribution in [0.25, 0.3) is 0 Å². The summed E-state index contributed by atoms with van der Waals surface area (Å²) in [5.74, 6) is 0. The lowest BCUT2D eigenvalue weighted by atomic mass is 9.98. The quantitative estimate of drug-likeness (QED) is 0.904. The zero-order valence-electron chi connectivity index (χ0n) is 11.0. The number of pyridine rings is 1. The molecular weight excluding hydrogens is 279 g/mol. The molecule has 1 aromatic carbocycles. The molecule has 0 aliphatic heterocycles. The van der Waals surface area contributed by atoms with E-state index in [0.29, 0.717) is 5.02 Å². The summed E-state index contributed by atoms with van der Waals surface area (Å²) in [4.78, 5) is 4.03. The molecule has 100 valence electrons. The minimum Gasteiger partial charge on any atom is -0.306 e. The Bertz CT molecular complexity index is 570. The average molecular weight is 295 g/mol. The van der Waals surface area contributed by atoms with Crippen LogP contribution >= 0.6 is 23.2 Å². The van der Waals surface area contributed by atoms with Gasteiger partial charge in [0, 0.05) is 17.4 Å². The molecule has 0 radical (unpaired) electrons. The smallest absolute Gasteiger partial charge is 0.0640 e. The van der Waals surface area contributed by atoms with Gasteiger partial charge in [0.25, 0.3) is 0 Å². The second kappa shape index (κ2) is 6.38. The Morgan fingerprint density at radius 3 is 2.63 bits per heavy atom. The van der Waals surface area contributed by atoms with Crippen LogP contribution in [0.2, 0.25) is 10.0 Å². The van der Waals surface area contributed by atoms with Crippen molar-refractivity contribution in [2.45, 2.75) is 19.9 Å². The van der Waals surface area contributed by atoms with E-state index in [2.05, 4.69) is 23.3 Å². The maximum Gasteiger partial charge on any atom is 0.0640 e. The second-order valence-corrected chi connectivity index (χ2v) is 5.21. The molecule has 1 atom stereocenters. The van der Waals surface area contributed by atoms with Gasteiger partial charge in [0.05, 0.1) is 11.1 Å². The molecule has 0 saturated carbocycles. The van der Waals surface area contributed by atoms with E-state index < -0.39 is 0 Å². The number of benzene rings is 1. The van der Waals surface area contributed by atoms with E-state index >= 15 is 0 Å². The van der Waals surface area contributed by atoms with E-state index in [9.17, 15) is 0 Å². The van der Waals surface area contributed by atoms with Crippen molar-refractivity contribution in [3.63, 3.8) is 0 Å². The third kappa shape index (κ3) is 3.27. The highest BCUT2D eigenvalue weighted by atomic mass is 35.5. The van der Waals surface area contributed by atoms with E-state index in [1.807, 2.05) is 25.1 Å². The van der Waals surface area contributed by atoms with Gasteiger partial charge in [-0.1, -0.05) is 42.3 Å². The topological polar surface area (TPSA) is 24.9 Å². The Hall–Kier alpha value is -1.09. The number of aromatic nitrogens is 1. The van der Waals surface area contributed by atoms with Gasteiger partial charge >= 0.3 is 0 Å². The summed E-state index contributed by atoms with van der Waals surface area (Å²) in [6.07, 6.45) is 3.42. The molecule has 0 amide bonds. The van der Waals surface area contributed by atoms with Crippen molar-refractivity contribution >= 4 is 23.2 Å². The fraction of sp³-hybridized carbons (Fsp3) is 0.267. The van der Waals surface area contributed by atoms with Gasteiger partial charge in [-0.15, -0.1) is 0 Å². The first-order chi connectivity index (χ1) is 9.13. The van der Waals surface area contributed by atoms with Crippen molar-refractivity contribution < 1.29 is 0 Å². The minimum atomic E-state index is 0.0265.